The average molecular weight is 1080 g/mol. The monoisotopic (exact) mass is 1080 g/mol. The number of nitrogens with zero attached hydrogens (tertiary/aromatic N) is 6. The normalized spacial score (nSPS) is 12.2. The number of carbonyl (C=O) groups excluding carboxylic acids is 2. The van der Waals surface area contributed by atoms with Gasteiger partial charge in [0.25, 0.3) is 5.91 Å². The number of carboxylic acid groups (broad SMARTS) is 1. The van der Waals surface area contributed by atoms with Gasteiger partial charge >= 0.3 is 5.97 Å². The van der Waals surface area contributed by atoms with Gasteiger partial charge in [-0.3, -0.25) is 29.5 Å². The molecule has 1 saturated heterocycles. The SMILES string of the molecule is CCN1CCN(c2cccc(N)c2)CC1.COc1cc(OC)c(Cl)c(-c2ccc(C(=O)Nc3ccc(C(N)=O)cc3)c3nccnc23)c1Cl.COc1cc(OC)c(Cl)c(-c2ccc(C(=O)O)c3nccnc23)c1Cl. The highest BCUT2D eigenvalue weighted by molar-refractivity contribution is 6.42. The number of piperazine rings is 1. The van der Waals surface area contributed by atoms with E-state index in [-0.39, 0.29) is 36.7 Å². The molecule has 0 radical (unpaired) electrons. The number of nitrogens with two attached hydrogens (primary N) is 2. The van der Waals surface area contributed by atoms with Crippen molar-refractivity contribution in [2.45, 2.75) is 6.92 Å². The van der Waals surface area contributed by atoms with Gasteiger partial charge in [0, 0.05) is 108 Å². The third-order valence-electron chi connectivity index (χ3n) is 11.9. The van der Waals surface area contributed by atoms with Gasteiger partial charge in [0.2, 0.25) is 5.91 Å². The van der Waals surface area contributed by atoms with Crippen LogP contribution in [0.25, 0.3) is 44.3 Å². The number of anilines is 3. The quantitative estimate of drug-likeness (QED) is 0.0834. The van der Waals surface area contributed by atoms with Crippen molar-refractivity contribution in [1.29, 1.82) is 0 Å². The molecule has 0 aliphatic carbocycles. The summed E-state index contributed by atoms with van der Waals surface area (Å²) < 4.78 is 21.3. The highest BCUT2D eigenvalue weighted by atomic mass is 35.5. The molecule has 382 valence electrons. The number of hydrogen-bond donors (Lipinski definition) is 4. The van der Waals surface area contributed by atoms with Crippen molar-refractivity contribution in [1.82, 2.24) is 24.8 Å². The summed E-state index contributed by atoms with van der Waals surface area (Å²) in [5.41, 5.74) is 17.6. The maximum absolute atomic E-state index is 13.1. The standard InChI is InChI=1S/C24H18Cl2N4O4.C17H12Cl2N2O4.C12H19N3/c1-33-16-11-17(34-2)20(26)18(19(16)25)14-7-8-15(22-21(14)28-9-10-29-22)24(32)30-13-5-3-12(4-6-13)23(27)31;1-24-10-7-11(25-2)14(19)12(13(10)18)8-3-4-9(17(22)23)16-15(8)20-5-6-21-16;1-2-14-6-8-15(9-7-14)12-5-3-4-11(13)10-12/h3-11H,1-2H3,(H2,27,31)(H,30,32);3-7H,1-2H3,(H,22,23);3-5,10H,2,6-9,13H2,1H3. The molecule has 21 heteroatoms. The van der Waals surface area contributed by atoms with Crippen LogP contribution in [0, 0.1) is 0 Å². The molecule has 9 rings (SSSR count). The number of amides is 2. The first-order valence-corrected chi connectivity index (χ1v) is 24.1. The maximum Gasteiger partial charge on any atom is 0.337 e. The number of carbonyl (C=O) groups is 3. The number of carboxylic acids is 1. The number of halogens is 4. The zero-order chi connectivity index (χ0) is 53.2. The van der Waals surface area contributed by atoms with Gasteiger partial charge in [-0.15, -0.1) is 0 Å². The van der Waals surface area contributed by atoms with E-state index in [0.29, 0.717) is 73.1 Å². The van der Waals surface area contributed by atoms with E-state index in [1.165, 1.54) is 77.1 Å². The lowest BCUT2D eigenvalue weighted by Crippen LogP contribution is -2.46. The summed E-state index contributed by atoms with van der Waals surface area (Å²) >= 11 is 26.1. The van der Waals surface area contributed by atoms with Crippen LogP contribution in [0.3, 0.4) is 0 Å². The predicted octanol–water partition coefficient (Wildman–Crippen LogP) is 10.7. The number of likely N-dealkylation sites (N-methyl/N-ethyl adjacent to an activating group) is 1. The Balaban J connectivity index is 0.000000175. The van der Waals surface area contributed by atoms with Crippen LogP contribution in [-0.2, 0) is 0 Å². The number of primary amides is 1. The molecule has 8 aromatic rings. The summed E-state index contributed by atoms with van der Waals surface area (Å²) in [6.07, 6.45) is 5.89. The fraction of sp³-hybridized carbons (Fsp3) is 0.189. The van der Waals surface area contributed by atoms with Crippen LogP contribution in [0.2, 0.25) is 20.1 Å². The van der Waals surface area contributed by atoms with E-state index >= 15 is 0 Å². The van der Waals surface area contributed by atoms with E-state index in [1.807, 2.05) is 12.1 Å². The van der Waals surface area contributed by atoms with Gasteiger partial charge in [0.15, 0.2) is 0 Å². The van der Waals surface area contributed by atoms with Gasteiger partial charge in [-0.2, -0.15) is 0 Å². The second-order valence-corrected chi connectivity index (χ2v) is 17.6. The third-order valence-corrected chi connectivity index (χ3v) is 13.4. The molecule has 17 nitrogen and oxygen atoms in total. The van der Waals surface area contributed by atoms with Crippen molar-refractivity contribution in [2.24, 2.45) is 5.73 Å². The van der Waals surface area contributed by atoms with Gasteiger partial charge in [-0.25, -0.2) is 4.79 Å². The second kappa shape index (κ2) is 24.4. The van der Waals surface area contributed by atoms with Gasteiger partial charge in [0.05, 0.1) is 70.7 Å². The summed E-state index contributed by atoms with van der Waals surface area (Å²) in [5.74, 6) is -0.579. The molecular weight excluding hydrogens is 1030 g/mol. The van der Waals surface area contributed by atoms with Crippen LogP contribution in [0.1, 0.15) is 38.0 Å². The topological polar surface area (TPSA) is 230 Å². The minimum Gasteiger partial charge on any atom is -0.495 e. The summed E-state index contributed by atoms with van der Waals surface area (Å²) in [5, 5.41) is 13.2. The van der Waals surface area contributed by atoms with Gasteiger partial charge in [-0.05, 0) is 61.1 Å². The Labute approximate surface area is 445 Å². The van der Waals surface area contributed by atoms with E-state index in [1.54, 1.807) is 42.5 Å². The van der Waals surface area contributed by atoms with Crippen LogP contribution in [-0.4, -0.2) is 109 Å². The smallest absolute Gasteiger partial charge is 0.337 e. The summed E-state index contributed by atoms with van der Waals surface area (Å²) in [7, 11) is 5.92. The van der Waals surface area contributed by atoms with Gasteiger partial charge < -0.3 is 50.6 Å². The van der Waals surface area contributed by atoms with Crippen molar-refractivity contribution in [3.8, 4) is 45.3 Å². The van der Waals surface area contributed by atoms with E-state index < -0.39 is 17.8 Å². The van der Waals surface area contributed by atoms with E-state index in [4.69, 9.17) is 76.8 Å². The predicted molar refractivity (Wildman–Crippen MR) is 291 cm³/mol. The van der Waals surface area contributed by atoms with Crippen LogP contribution in [0.15, 0.2) is 110 Å². The molecule has 0 spiro atoms. The van der Waals surface area contributed by atoms with Crippen LogP contribution in [0.4, 0.5) is 17.1 Å². The molecule has 1 fully saturated rings. The molecule has 0 bridgehead atoms. The maximum atomic E-state index is 13.1. The van der Waals surface area contributed by atoms with Crippen molar-refractivity contribution in [3.05, 3.63) is 146 Å². The number of hydrogen-bond acceptors (Lipinski definition) is 14. The first kappa shape index (κ1) is 54.1. The minimum atomic E-state index is -1.10. The summed E-state index contributed by atoms with van der Waals surface area (Å²) in [4.78, 5) is 57.9. The molecule has 2 aromatic heterocycles. The lowest BCUT2D eigenvalue weighted by atomic mass is 9.99. The Hall–Kier alpha value is -7.67. The van der Waals surface area contributed by atoms with Crippen molar-refractivity contribution < 1.29 is 38.4 Å². The van der Waals surface area contributed by atoms with Crippen LogP contribution >= 0.6 is 46.4 Å². The Morgan fingerprint density at radius 3 is 1.47 bits per heavy atom. The number of aromatic carboxylic acids is 1. The fourth-order valence-electron chi connectivity index (χ4n) is 8.08. The molecule has 2 amide bonds. The van der Waals surface area contributed by atoms with Crippen molar-refractivity contribution in [3.63, 3.8) is 0 Å². The van der Waals surface area contributed by atoms with Crippen LogP contribution < -0.4 is 40.6 Å². The van der Waals surface area contributed by atoms with E-state index in [9.17, 15) is 19.5 Å². The number of nitrogen functional groups attached to an aromatic ring is 1. The number of aromatic nitrogens is 4. The van der Waals surface area contributed by atoms with Gasteiger partial charge in [-0.1, -0.05) is 71.5 Å². The molecule has 74 heavy (non-hydrogen) atoms. The molecule has 0 atom stereocenters. The Morgan fingerprint density at radius 1 is 0.608 bits per heavy atom. The Morgan fingerprint density at radius 2 is 1.05 bits per heavy atom. The van der Waals surface area contributed by atoms with Crippen LogP contribution in [0.5, 0.6) is 23.0 Å². The Kier molecular flexibility index (Phi) is 17.8. The number of benzene rings is 6. The number of methoxy groups -OCH3 is 4. The number of ether oxygens (including phenoxy) is 4. The minimum absolute atomic E-state index is 0.0361. The first-order valence-electron chi connectivity index (χ1n) is 22.6. The zero-order valence-electron chi connectivity index (χ0n) is 40.6. The largest absolute Gasteiger partial charge is 0.495 e. The zero-order valence-corrected chi connectivity index (χ0v) is 43.6. The lowest BCUT2D eigenvalue weighted by Gasteiger charge is -2.35. The van der Waals surface area contributed by atoms with Gasteiger partial charge in [0.1, 0.15) is 34.0 Å². The second-order valence-electron chi connectivity index (χ2n) is 16.1. The number of nitrogens with one attached hydrogen (secondary N) is 1. The fourth-order valence-corrected chi connectivity index (χ4v) is 9.49. The molecule has 0 unspecified atom stereocenters. The highest BCUT2D eigenvalue weighted by Gasteiger charge is 2.25. The van der Waals surface area contributed by atoms with Crippen molar-refractivity contribution in [2.75, 3.05) is 77.1 Å². The number of rotatable bonds is 12. The molecular formula is C53H49Cl4N9O8. The molecule has 6 aromatic carbocycles. The summed E-state index contributed by atoms with van der Waals surface area (Å²) in [6.45, 7) is 7.91. The molecule has 3 heterocycles. The summed E-state index contributed by atoms with van der Waals surface area (Å²) in [6, 6.07) is 23.9. The first-order chi connectivity index (χ1) is 35.6. The lowest BCUT2D eigenvalue weighted by molar-refractivity contribution is 0.0698. The molecule has 0 saturated carbocycles. The third kappa shape index (κ3) is 11.7. The number of fused-ring (bicyclic) bond motifs is 2. The Bertz CT molecular complexity index is 3320. The molecule has 1 aliphatic heterocycles. The molecule has 6 N–H and O–H groups in total. The van der Waals surface area contributed by atoms with E-state index in [0.717, 1.165) is 38.4 Å². The average Bonchev–Trinajstić information content (AvgIpc) is 3.41. The highest BCUT2D eigenvalue weighted by Crippen LogP contribution is 2.49. The molecule has 1 aliphatic rings. The van der Waals surface area contributed by atoms with Crippen molar-refractivity contribution >= 4 is 103 Å². The van der Waals surface area contributed by atoms with E-state index in [2.05, 4.69) is 54.1 Å².